The van der Waals surface area contributed by atoms with Crippen LogP contribution in [0.5, 0.6) is 0 Å². The lowest BCUT2D eigenvalue weighted by atomic mass is 10.3. The number of aliphatic hydroxyl groups excluding tert-OH is 1. The first-order valence-corrected chi connectivity index (χ1v) is 8.06. The third-order valence-corrected chi connectivity index (χ3v) is 4.58. The standard InChI is InChI=1S/C13H18N2O5S/c16-10-11-9-15(6-7-20-11)13(17)8-14-21(18,19)12-4-2-1-3-5-12/h1-5,11,14,16H,6-10H2. The highest BCUT2D eigenvalue weighted by molar-refractivity contribution is 7.89. The average Bonchev–Trinajstić information content (AvgIpc) is 2.53. The van der Waals surface area contributed by atoms with Crippen LogP contribution >= 0.6 is 0 Å². The van der Waals surface area contributed by atoms with Gasteiger partial charge in [0.2, 0.25) is 15.9 Å². The SMILES string of the molecule is O=C(CNS(=O)(=O)c1ccccc1)N1CCOC(CO)C1. The summed E-state index contributed by atoms with van der Waals surface area (Å²) in [4.78, 5) is 13.6. The molecule has 1 aromatic carbocycles. The van der Waals surface area contributed by atoms with E-state index < -0.39 is 16.1 Å². The molecule has 1 fully saturated rings. The smallest absolute Gasteiger partial charge is 0.241 e. The Morgan fingerprint density at radius 3 is 2.76 bits per heavy atom. The monoisotopic (exact) mass is 314 g/mol. The highest BCUT2D eigenvalue weighted by Gasteiger charge is 2.24. The lowest BCUT2D eigenvalue weighted by molar-refractivity contribution is -0.138. The van der Waals surface area contributed by atoms with E-state index in [1.807, 2.05) is 0 Å². The Hall–Kier alpha value is -1.48. The number of sulfonamides is 1. The van der Waals surface area contributed by atoms with Crippen molar-refractivity contribution in [3.05, 3.63) is 30.3 Å². The summed E-state index contributed by atoms with van der Waals surface area (Å²) in [6.07, 6.45) is -0.409. The largest absolute Gasteiger partial charge is 0.394 e. The van der Waals surface area contributed by atoms with Crippen molar-refractivity contribution in [2.75, 3.05) is 32.8 Å². The van der Waals surface area contributed by atoms with Crippen molar-refractivity contribution in [2.45, 2.75) is 11.0 Å². The zero-order chi connectivity index (χ0) is 15.3. The number of nitrogens with one attached hydrogen (secondary N) is 1. The van der Waals surface area contributed by atoms with E-state index >= 15 is 0 Å². The fourth-order valence-corrected chi connectivity index (χ4v) is 3.00. The molecule has 8 heteroatoms. The van der Waals surface area contributed by atoms with Crippen molar-refractivity contribution in [2.24, 2.45) is 0 Å². The second-order valence-electron chi connectivity index (χ2n) is 4.65. The molecule has 2 N–H and O–H groups in total. The van der Waals surface area contributed by atoms with Crippen molar-refractivity contribution in [1.82, 2.24) is 9.62 Å². The number of nitrogens with zero attached hydrogens (tertiary/aromatic N) is 1. The van der Waals surface area contributed by atoms with E-state index in [1.54, 1.807) is 18.2 Å². The molecule has 21 heavy (non-hydrogen) atoms. The molecule has 116 valence electrons. The Balaban J connectivity index is 1.92. The lowest BCUT2D eigenvalue weighted by Gasteiger charge is -2.32. The van der Waals surface area contributed by atoms with Gasteiger partial charge < -0.3 is 14.7 Å². The van der Waals surface area contributed by atoms with E-state index in [9.17, 15) is 13.2 Å². The number of carbonyl (C=O) groups excluding carboxylic acids is 1. The minimum atomic E-state index is -3.69. The third kappa shape index (κ3) is 4.24. The minimum absolute atomic E-state index is 0.119. The second kappa shape index (κ2) is 6.99. The van der Waals surface area contributed by atoms with Crippen molar-refractivity contribution in [3.63, 3.8) is 0 Å². The predicted molar refractivity (Wildman–Crippen MR) is 75.0 cm³/mol. The summed E-state index contributed by atoms with van der Waals surface area (Å²) < 4.78 is 31.5. The number of aliphatic hydroxyl groups is 1. The van der Waals surface area contributed by atoms with E-state index in [0.29, 0.717) is 13.2 Å². The van der Waals surface area contributed by atoms with E-state index in [1.165, 1.54) is 17.0 Å². The van der Waals surface area contributed by atoms with Crippen LogP contribution in [0.4, 0.5) is 0 Å². The van der Waals surface area contributed by atoms with Crippen LogP contribution in [-0.2, 0) is 19.6 Å². The zero-order valence-corrected chi connectivity index (χ0v) is 12.3. The summed E-state index contributed by atoms with van der Waals surface area (Å²) in [6, 6.07) is 7.87. The number of hydrogen-bond acceptors (Lipinski definition) is 5. The summed E-state index contributed by atoms with van der Waals surface area (Å²) in [7, 11) is -3.69. The van der Waals surface area contributed by atoms with Crippen LogP contribution in [0.2, 0.25) is 0 Å². The molecule has 1 atom stereocenters. The number of carbonyl (C=O) groups is 1. The topological polar surface area (TPSA) is 95.9 Å². The van der Waals surface area contributed by atoms with E-state index in [2.05, 4.69) is 4.72 Å². The van der Waals surface area contributed by atoms with Crippen LogP contribution in [0.3, 0.4) is 0 Å². The van der Waals surface area contributed by atoms with Crippen molar-refractivity contribution < 1.29 is 23.1 Å². The van der Waals surface area contributed by atoms with E-state index in [-0.39, 0.29) is 30.5 Å². The summed E-state index contributed by atoms with van der Waals surface area (Å²) >= 11 is 0. The Morgan fingerprint density at radius 2 is 2.10 bits per heavy atom. The van der Waals surface area contributed by atoms with Gasteiger partial charge in [-0.2, -0.15) is 0 Å². The number of amides is 1. The van der Waals surface area contributed by atoms with Crippen LogP contribution in [0.25, 0.3) is 0 Å². The molecule has 1 aliphatic heterocycles. The molecule has 0 radical (unpaired) electrons. The van der Waals surface area contributed by atoms with Crippen LogP contribution in [-0.4, -0.2) is 63.3 Å². The highest BCUT2D eigenvalue weighted by Crippen LogP contribution is 2.08. The van der Waals surface area contributed by atoms with Gasteiger partial charge in [0.1, 0.15) is 0 Å². The first kappa shape index (κ1) is 15.9. The van der Waals surface area contributed by atoms with Crippen molar-refractivity contribution >= 4 is 15.9 Å². The Labute approximate surface area is 123 Å². The maximum absolute atomic E-state index is 12.0. The Morgan fingerprint density at radius 1 is 1.38 bits per heavy atom. The molecule has 1 unspecified atom stereocenters. The summed E-state index contributed by atoms with van der Waals surface area (Å²) in [6.45, 7) is 0.516. The predicted octanol–water partition coefficient (Wildman–Crippen LogP) is -0.815. The number of rotatable bonds is 5. The molecule has 0 bridgehead atoms. The maximum Gasteiger partial charge on any atom is 0.241 e. The van der Waals surface area contributed by atoms with Gasteiger partial charge in [-0.05, 0) is 12.1 Å². The van der Waals surface area contributed by atoms with Gasteiger partial charge in [0, 0.05) is 13.1 Å². The molecular weight excluding hydrogens is 296 g/mol. The first-order valence-electron chi connectivity index (χ1n) is 6.58. The molecule has 0 aromatic heterocycles. The van der Waals surface area contributed by atoms with Gasteiger partial charge in [-0.1, -0.05) is 18.2 Å². The summed E-state index contributed by atoms with van der Waals surface area (Å²) in [5.74, 6) is -0.337. The van der Waals surface area contributed by atoms with Gasteiger partial charge in [0.15, 0.2) is 0 Å². The van der Waals surface area contributed by atoms with Gasteiger partial charge in [-0.15, -0.1) is 0 Å². The average molecular weight is 314 g/mol. The van der Waals surface area contributed by atoms with E-state index in [0.717, 1.165) is 0 Å². The third-order valence-electron chi connectivity index (χ3n) is 3.16. The fourth-order valence-electron chi connectivity index (χ4n) is 2.01. The van der Waals surface area contributed by atoms with Gasteiger partial charge in [-0.25, -0.2) is 13.1 Å². The summed E-state index contributed by atoms with van der Waals surface area (Å²) in [5.41, 5.74) is 0. The van der Waals surface area contributed by atoms with Crippen LogP contribution in [0.1, 0.15) is 0 Å². The van der Waals surface area contributed by atoms with Crippen LogP contribution in [0, 0.1) is 0 Å². The van der Waals surface area contributed by atoms with Crippen molar-refractivity contribution in [1.29, 1.82) is 0 Å². The molecule has 1 amide bonds. The minimum Gasteiger partial charge on any atom is -0.394 e. The maximum atomic E-state index is 12.0. The molecule has 1 heterocycles. The fraction of sp³-hybridized carbons (Fsp3) is 0.462. The molecule has 0 spiro atoms. The van der Waals surface area contributed by atoms with Gasteiger partial charge in [-0.3, -0.25) is 4.79 Å². The molecule has 0 aliphatic carbocycles. The number of hydrogen-bond donors (Lipinski definition) is 2. The quantitative estimate of drug-likeness (QED) is 0.741. The molecule has 1 saturated heterocycles. The first-order chi connectivity index (χ1) is 10.0. The molecule has 1 aliphatic rings. The number of morpholine rings is 1. The Kier molecular flexibility index (Phi) is 5.29. The molecule has 0 saturated carbocycles. The van der Waals surface area contributed by atoms with Crippen LogP contribution < -0.4 is 4.72 Å². The molecule has 1 aromatic rings. The second-order valence-corrected chi connectivity index (χ2v) is 6.42. The van der Waals surface area contributed by atoms with Gasteiger partial charge >= 0.3 is 0 Å². The molecular formula is C13H18N2O5S. The highest BCUT2D eigenvalue weighted by atomic mass is 32.2. The number of ether oxygens (including phenoxy) is 1. The van der Waals surface area contributed by atoms with Crippen molar-refractivity contribution in [3.8, 4) is 0 Å². The molecule has 2 rings (SSSR count). The lowest BCUT2D eigenvalue weighted by Crippen LogP contribution is -2.49. The summed E-state index contributed by atoms with van der Waals surface area (Å²) in [5, 5.41) is 9.02. The zero-order valence-electron chi connectivity index (χ0n) is 11.4. The molecule has 7 nitrogen and oxygen atoms in total. The normalized spacial score (nSPS) is 19.5. The van der Waals surface area contributed by atoms with Gasteiger partial charge in [0.25, 0.3) is 0 Å². The van der Waals surface area contributed by atoms with Gasteiger partial charge in [0.05, 0.1) is 30.8 Å². The van der Waals surface area contributed by atoms with E-state index in [4.69, 9.17) is 9.84 Å². The van der Waals surface area contributed by atoms with Crippen LogP contribution in [0.15, 0.2) is 35.2 Å². The Bertz CT molecular complexity index is 575. The number of benzene rings is 1.